The second-order valence-electron chi connectivity index (χ2n) is 3.68. The van der Waals surface area contributed by atoms with Crippen molar-refractivity contribution >= 4 is 27.0 Å². The lowest BCUT2D eigenvalue weighted by atomic mass is 10.1. The second-order valence-corrected chi connectivity index (χ2v) is 4.48. The minimum atomic E-state index is 0.394. The lowest BCUT2D eigenvalue weighted by Gasteiger charge is -1.97. The number of rotatable bonds is 2. The molecule has 4 N–H and O–H groups in total. The standard InChI is InChI=1S/C11H10BrN5/c12-11-10(16-9(4-13)17-11)6-1-2-7-8(3-6)15-5-14-7/h1-3,5H,4,13H2,(H,14,15)(H,16,17). The molecule has 86 valence electrons. The number of H-pyrrole nitrogens is 2. The zero-order valence-electron chi connectivity index (χ0n) is 8.87. The van der Waals surface area contributed by atoms with Gasteiger partial charge in [-0.05, 0) is 28.1 Å². The first kappa shape index (κ1) is 10.5. The molecule has 3 aromatic rings. The summed E-state index contributed by atoms with van der Waals surface area (Å²) in [7, 11) is 0. The Morgan fingerprint density at radius 1 is 1.35 bits per heavy atom. The number of aromatic amines is 2. The van der Waals surface area contributed by atoms with Gasteiger partial charge in [0.05, 0.1) is 23.9 Å². The van der Waals surface area contributed by atoms with Crippen LogP contribution in [0.3, 0.4) is 0 Å². The maximum Gasteiger partial charge on any atom is 0.121 e. The minimum absolute atomic E-state index is 0.394. The third kappa shape index (κ3) is 1.75. The molecule has 1 aromatic carbocycles. The highest BCUT2D eigenvalue weighted by atomic mass is 79.9. The third-order valence-corrected chi connectivity index (χ3v) is 3.17. The maximum absolute atomic E-state index is 5.55. The fourth-order valence-electron chi connectivity index (χ4n) is 1.77. The summed E-state index contributed by atoms with van der Waals surface area (Å²) in [4.78, 5) is 14.8. The molecule has 5 nitrogen and oxygen atoms in total. The van der Waals surface area contributed by atoms with E-state index in [9.17, 15) is 0 Å². The normalized spacial score (nSPS) is 11.2. The summed E-state index contributed by atoms with van der Waals surface area (Å²) >= 11 is 3.45. The van der Waals surface area contributed by atoms with Gasteiger partial charge < -0.3 is 15.7 Å². The van der Waals surface area contributed by atoms with E-state index in [1.54, 1.807) is 6.33 Å². The summed E-state index contributed by atoms with van der Waals surface area (Å²) in [6, 6.07) is 5.97. The average Bonchev–Trinajstić information content (AvgIpc) is 2.93. The van der Waals surface area contributed by atoms with E-state index in [4.69, 9.17) is 5.73 Å². The largest absolute Gasteiger partial charge is 0.345 e. The zero-order chi connectivity index (χ0) is 11.8. The Morgan fingerprint density at radius 3 is 3.00 bits per heavy atom. The van der Waals surface area contributed by atoms with Crippen molar-refractivity contribution in [3.63, 3.8) is 0 Å². The number of hydrogen-bond acceptors (Lipinski definition) is 3. The molecule has 0 aliphatic carbocycles. The predicted octanol–water partition coefficient (Wildman–Crippen LogP) is 2.17. The van der Waals surface area contributed by atoms with Crippen LogP contribution >= 0.6 is 15.9 Å². The first-order valence-corrected chi connectivity index (χ1v) is 5.95. The number of hydrogen-bond donors (Lipinski definition) is 3. The number of imidazole rings is 2. The van der Waals surface area contributed by atoms with E-state index in [-0.39, 0.29) is 0 Å². The van der Waals surface area contributed by atoms with Gasteiger partial charge in [-0.3, -0.25) is 0 Å². The van der Waals surface area contributed by atoms with Crippen molar-refractivity contribution in [1.29, 1.82) is 0 Å². The molecule has 0 aliphatic heterocycles. The summed E-state index contributed by atoms with van der Waals surface area (Å²) in [6.45, 7) is 0.394. The smallest absolute Gasteiger partial charge is 0.121 e. The van der Waals surface area contributed by atoms with Crippen LogP contribution in [0, 0.1) is 0 Å². The Morgan fingerprint density at radius 2 is 2.24 bits per heavy atom. The molecule has 0 unspecified atom stereocenters. The number of fused-ring (bicyclic) bond motifs is 1. The van der Waals surface area contributed by atoms with E-state index >= 15 is 0 Å². The SMILES string of the molecule is NCc1nc(-c2ccc3nc[nH]c3c2)c(Br)[nH]1. The Hall–Kier alpha value is -1.66. The number of nitrogens with one attached hydrogen (secondary N) is 2. The van der Waals surface area contributed by atoms with Gasteiger partial charge in [-0.2, -0.15) is 0 Å². The highest BCUT2D eigenvalue weighted by molar-refractivity contribution is 9.10. The number of aromatic nitrogens is 4. The highest BCUT2D eigenvalue weighted by Gasteiger charge is 2.10. The lowest BCUT2D eigenvalue weighted by Crippen LogP contribution is -1.97. The predicted molar refractivity (Wildman–Crippen MR) is 69.3 cm³/mol. The van der Waals surface area contributed by atoms with Crippen molar-refractivity contribution in [1.82, 2.24) is 19.9 Å². The van der Waals surface area contributed by atoms with Gasteiger partial charge in [0.25, 0.3) is 0 Å². The molecule has 6 heteroatoms. The summed E-state index contributed by atoms with van der Waals surface area (Å²) in [6.07, 6.45) is 1.68. The molecular weight excluding hydrogens is 282 g/mol. The Bertz CT molecular complexity index is 669. The van der Waals surface area contributed by atoms with Crippen LogP contribution in [0.15, 0.2) is 29.1 Å². The summed E-state index contributed by atoms with van der Waals surface area (Å²) in [5.41, 5.74) is 9.37. The molecular formula is C11H10BrN5. The quantitative estimate of drug-likeness (QED) is 0.677. The average molecular weight is 292 g/mol. The van der Waals surface area contributed by atoms with E-state index < -0.39 is 0 Å². The molecule has 17 heavy (non-hydrogen) atoms. The topological polar surface area (TPSA) is 83.4 Å². The number of halogens is 1. The van der Waals surface area contributed by atoms with E-state index in [2.05, 4.69) is 35.9 Å². The van der Waals surface area contributed by atoms with Crippen LogP contribution in [0.1, 0.15) is 5.82 Å². The Balaban J connectivity index is 2.15. The van der Waals surface area contributed by atoms with Crippen LogP contribution in [0.4, 0.5) is 0 Å². The van der Waals surface area contributed by atoms with Crippen molar-refractivity contribution in [2.45, 2.75) is 6.54 Å². The minimum Gasteiger partial charge on any atom is -0.345 e. The zero-order valence-corrected chi connectivity index (χ0v) is 10.5. The number of nitrogens with two attached hydrogens (primary N) is 1. The summed E-state index contributed by atoms with van der Waals surface area (Å²) in [5.74, 6) is 0.761. The van der Waals surface area contributed by atoms with E-state index in [1.807, 2.05) is 18.2 Å². The van der Waals surface area contributed by atoms with Crippen LogP contribution in [0.5, 0.6) is 0 Å². The molecule has 3 rings (SSSR count). The van der Waals surface area contributed by atoms with E-state index in [0.29, 0.717) is 6.54 Å². The van der Waals surface area contributed by atoms with Crippen molar-refractivity contribution in [3.8, 4) is 11.3 Å². The molecule has 0 radical (unpaired) electrons. The molecule has 2 aromatic heterocycles. The van der Waals surface area contributed by atoms with Crippen LogP contribution in [-0.2, 0) is 6.54 Å². The van der Waals surface area contributed by atoms with Crippen molar-refractivity contribution in [2.24, 2.45) is 5.73 Å². The second kappa shape index (κ2) is 3.97. The van der Waals surface area contributed by atoms with Crippen molar-refractivity contribution < 1.29 is 0 Å². The maximum atomic E-state index is 5.55. The molecule has 0 fully saturated rings. The van der Waals surface area contributed by atoms with Gasteiger partial charge in [-0.15, -0.1) is 0 Å². The first-order valence-electron chi connectivity index (χ1n) is 5.16. The van der Waals surface area contributed by atoms with Gasteiger partial charge in [0.2, 0.25) is 0 Å². The monoisotopic (exact) mass is 291 g/mol. The van der Waals surface area contributed by atoms with Gasteiger partial charge in [-0.1, -0.05) is 6.07 Å². The van der Waals surface area contributed by atoms with Gasteiger partial charge in [0.15, 0.2) is 0 Å². The number of benzene rings is 1. The fourth-order valence-corrected chi connectivity index (χ4v) is 2.32. The third-order valence-electron chi connectivity index (χ3n) is 2.60. The molecule has 0 saturated heterocycles. The van der Waals surface area contributed by atoms with Crippen LogP contribution in [-0.4, -0.2) is 19.9 Å². The summed E-state index contributed by atoms with van der Waals surface area (Å²) in [5, 5.41) is 0. The van der Waals surface area contributed by atoms with Gasteiger partial charge in [0, 0.05) is 5.56 Å². The first-order chi connectivity index (χ1) is 8.28. The Kier molecular flexibility index (Phi) is 2.45. The van der Waals surface area contributed by atoms with Crippen LogP contribution in [0.2, 0.25) is 0 Å². The highest BCUT2D eigenvalue weighted by Crippen LogP contribution is 2.27. The molecule has 0 atom stereocenters. The van der Waals surface area contributed by atoms with Crippen LogP contribution in [0.25, 0.3) is 22.3 Å². The summed E-state index contributed by atoms with van der Waals surface area (Å²) < 4.78 is 0.844. The lowest BCUT2D eigenvalue weighted by molar-refractivity contribution is 0.947. The van der Waals surface area contributed by atoms with Crippen molar-refractivity contribution in [3.05, 3.63) is 35.0 Å². The van der Waals surface area contributed by atoms with E-state index in [0.717, 1.165) is 32.7 Å². The molecule has 0 bridgehead atoms. The van der Waals surface area contributed by atoms with Gasteiger partial charge >= 0.3 is 0 Å². The Labute approximate surface area is 106 Å². The molecule has 0 saturated carbocycles. The molecule has 2 heterocycles. The molecule has 0 amide bonds. The molecule has 0 aliphatic rings. The molecule has 0 spiro atoms. The van der Waals surface area contributed by atoms with Gasteiger partial charge in [0.1, 0.15) is 16.1 Å². The van der Waals surface area contributed by atoms with Crippen molar-refractivity contribution in [2.75, 3.05) is 0 Å². The number of nitrogens with zero attached hydrogens (tertiary/aromatic N) is 2. The van der Waals surface area contributed by atoms with E-state index in [1.165, 1.54) is 0 Å². The van der Waals surface area contributed by atoms with Gasteiger partial charge in [-0.25, -0.2) is 9.97 Å². The fraction of sp³-hybridized carbons (Fsp3) is 0.0909. The van der Waals surface area contributed by atoms with Crippen LogP contribution < -0.4 is 5.73 Å².